The molecule has 0 saturated carbocycles. The average molecular weight is 458 g/mol. The van der Waals surface area contributed by atoms with Crippen LogP contribution in [0.1, 0.15) is 18.9 Å². The molecule has 180 valence electrons. The number of nitrogens with one attached hydrogen (secondary N) is 2. The van der Waals surface area contributed by atoms with E-state index in [9.17, 15) is 18.0 Å². The van der Waals surface area contributed by atoms with Crippen molar-refractivity contribution in [2.45, 2.75) is 25.6 Å². The van der Waals surface area contributed by atoms with Crippen LogP contribution in [0.15, 0.2) is 24.3 Å². The van der Waals surface area contributed by atoms with Crippen LogP contribution in [-0.2, 0) is 10.9 Å². The Kier molecular flexibility index (Phi) is 9.01. The number of hydrogen-bond acceptors (Lipinski definition) is 5. The number of urea groups is 1. The van der Waals surface area contributed by atoms with Crippen molar-refractivity contribution in [1.82, 2.24) is 20.4 Å². The SMILES string of the molecule is C[C@@H](CNC(=O)NCCCN1CCN(c2cccc(C(F)(F)F)c2)CC1)N1CCOCC1. The Morgan fingerprint density at radius 2 is 1.81 bits per heavy atom. The summed E-state index contributed by atoms with van der Waals surface area (Å²) in [4.78, 5) is 18.6. The van der Waals surface area contributed by atoms with Crippen molar-refractivity contribution in [3.05, 3.63) is 29.8 Å². The molecule has 1 aromatic carbocycles. The lowest BCUT2D eigenvalue weighted by atomic mass is 10.1. The minimum Gasteiger partial charge on any atom is -0.379 e. The van der Waals surface area contributed by atoms with E-state index in [1.54, 1.807) is 6.07 Å². The number of alkyl halides is 3. The molecule has 2 amide bonds. The molecule has 2 N–H and O–H groups in total. The third kappa shape index (κ3) is 7.53. The Morgan fingerprint density at radius 3 is 2.50 bits per heavy atom. The van der Waals surface area contributed by atoms with Gasteiger partial charge in [0.05, 0.1) is 18.8 Å². The molecule has 0 unspecified atom stereocenters. The van der Waals surface area contributed by atoms with Gasteiger partial charge >= 0.3 is 12.2 Å². The zero-order valence-corrected chi connectivity index (χ0v) is 18.7. The molecular weight excluding hydrogens is 423 g/mol. The Balaban J connectivity index is 1.28. The second-order valence-electron chi connectivity index (χ2n) is 8.36. The molecule has 2 fully saturated rings. The highest BCUT2D eigenvalue weighted by Crippen LogP contribution is 2.31. The van der Waals surface area contributed by atoms with Crippen molar-refractivity contribution in [3.63, 3.8) is 0 Å². The van der Waals surface area contributed by atoms with E-state index >= 15 is 0 Å². The van der Waals surface area contributed by atoms with Gasteiger partial charge in [0, 0.05) is 64.1 Å². The summed E-state index contributed by atoms with van der Waals surface area (Å²) in [6.45, 7) is 10.4. The number of carbonyl (C=O) groups is 1. The standard InChI is InChI=1S/C22H34F3N5O2/c1-18(29-12-14-32-15-13-29)17-27-21(31)26-6-3-7-28-8-10-30(11-9-28)20-5-2-4-19(16-20)22(23,24)25/h2,4-5,16,18H,3,6-15,17H2,1H3,(H2,26,27,31)/t18-/m0/s1. The second-order valence-corrected chi connectivity index (χ2v) is 8.36. The Hall–Kier alpha value is -2.04. The molecule has 32 heavy (non-hydrogen) atoms. The number of rotatable bonds is 8. The van der Waals surface area contributed by atoms with Gasteiger partial charge in [-0.15, -0.1) is 0 Å². The number of halogens is 3. The molecular formula is C22H34F3N5O2. The average Bonchev–Trinajstić information content (AvgIpc) is 2.81. The van der Waals surface area contributed by atoms with Crippen LogP contribution in [0.2, 0.25) is 0 Å². The highest BCUT2D eigenvalue weighted by Gasteiger charge is 2.31. The summed E-state index contributed by atoms with van der Waals surface area (Å²) >= 11 is 0. The summed E-state index contributed by atoms with van der Waals surface area (Å²) in [5.74, 6) is 0. The van der Waals surface area contributed by atoms with Gasteiger partial charge in [0.15, 0.2) is 0 Å². The number of ether oxygens (including phenoxy) is 1. The largest absolute Gasteiger partial charge is 0.416 e. The van der Waals surface area contributed by atoms with E-state index in [0.29, 0.717) is 31.9 Å². The van der Waals surface area contributed by atoms with E-state index in [1.807, 2.05) is 4.90 Å². The zero-order valence-electron chi connectivity index (χ0n) is 18.7. The van der Waals surface area contributed by atoms with Crippen molar-refractivity contribution in [3.8, 4) is 0 Å². The van der Waals surface area contributed by atoms with E-state index in [1.165, 1.54) is 12.1 Å². The second kappa shape index (κ2) is 11.7. The number of amides is 2. The first-order valence-corrected chi connectivity index (χ1v) is 11.3. The summed E-state index contributed by atoms with van der Waals surface area (Å²) in [5.41, 5.74) is 0.00485. The molecule has 3 rings (SSSR count). The third-order valence-corrected chi connectivity index (χ3v) is 6.07. The molecule has 1 atom stereocenters. The fraction of sp³-hybridized carbons (Fsp3) is 0.682. The first kappa shape index (κ1) is 24.6. The maximum absolute atomic E-state index is 12.9. The normalized spacial score (nSPS) is 19.6. The number of hydrogen-bond donors (Lipinski definition) is 2. The minimum atomic E-state index is -4.32. The first-order valence-electron chi connectivity index (χ1n) is 11.3. The van der Waals surface area contributed by atoms with Crippen molar-refractivity contribution in [1.29, 1.82) is 0 Å². The smallest absolute Gasteiger partial charge is 0.379 e. The van der Waals surface area contributed by atoms with Gasteiger partial charge in [0.25, 0.3) is 0 Å². The highest BCUT2D eigenvalue weighted by molar-refractivity contribution is 5.73. The van der Waals surface area contributed by atoms with Crippen molar-refractivity contribution >= 4 is 11.7 Å². The van der Waals surface area contributed by atoms with Gasteiger partial charge in [0.1, 0.15) is 0 Å². The molecule has 2 saturated heterocycles. The molecule has 10 heteroatoms. The third-order valence-electron chi connectivity index (χ3n) is 6.07. The quantitative estimate of drug-likeness (QED) is 0.587. The van der Waals surface area contributed by atoms with E-state index < -0.39 is 11.7 Å². The zero-order chi connectivity index (χ0) is 23.0. The van der Waals surface area contributed by atoms with Gasteiger partial charge in [-0.25, -0.2) is 4.79 Å². The maximum atomic E-state index is 12.9. The van der Waals surface area contributed by atoms with E-state index in [4.69, 9.17) is 4.74 Å². The molecule has 2 aliphatic heterocycles. The van der Waals surface area contributed by atoms with Crippen LogP contribution in [0.25, 0.3) is 0 Å². The Morgan fingerprint density at radius 1 is 1.09 bits per heavy atom. The monoisotopic (exact) mass is 457 g/mol. The lowest BCUT2D eigenvalue weighted by molar-refractivity contribution is -0.137. The molecule has 2 aliphatic rings. The van der Waals surface area contributed by atoms with Crippen molar-refractivity contribution in [2.75, 3.05) is 77.0 Å². The van der Waals surface area contributed by atoms with E-state index in [2.05, 4.69) is 27.4 Å². The van der Waals surface area contributed by atoms with Crippen LogP contribution in [0.3, 0.4) is 0 Å². The molecule has 2 heterocycles. The summed E-state index contributed by atoms with van der Waals surface area (Å²) in [6.07, 6.45) is -3.49. The molecule has 0 aromatic heterocycles. The number of benzene rings is 1. The number of morpholine rings is 1. The van der Waals surface area contributed by atoms with Crippen LogP contribution >= 0.6 is 0 Å². The number of nitrogens with zero attached hydrogens (tertiary/aromatic N) is 3. The predicted octanol–water partition coefficient (Wildman–Crippen LogP) is 2.24. The van der Waals surface area contributed by atoms with Gasteiger partial charge in [-0.3, -0.25) is 9.80 Å². The summed E-state index contributed by atoms with van der Waals surface area (Å²) in [6, 6.07) is 5.64. The molecule has 0 radical (unpaired) electrons. The highest BCUT2D eigenvalue weighted by atomic mass is 19.4. The summed E-state index contributed by atoms with van der Waals surface area (Å²) < 4.78 is 44.1. The van der Waals surface area contributed by atoms with E-state index in [-0.39, 0.29) is 12.1 Å². The Bertz CT molecular complexity index is 720. The summed E-state index contributed by atoms with van der Waals surface area (Å²) in [5, 5.41) is 5.82. The lowest BCUT2D eigenvalue weighted by Gasteiger charge is -2.36. The minimum absolute atomic E-state index is 0.153. The van der Waals surface area contributed by atoms with E-state index in [0.717, 1.165) is 58.4 Å². The molecule has 1 aromatic rings. The number of carbonyl (C=O) groups excluding carboxylic acids is 1. The molecule has 0 aliphatic carbocycles. The van der Waals surface area contributed by atoms with Gasteiger partial charge in [-0.05, 0) is 38.1 Å². The van der Waals surface area contributed by atoms with Gasteiger partial charge in [-0.1, -0.05) is 6.07 Å². The van der Waals surface area contributed by atoms with Gasteiger partial charge < -0.3 is 20.3 Å². The molecule has 7 nitrogen and oxygen atoms in total. The number of anilines is 1. The fourth-order valence-corrected chi connectivity index (χ4v) is 4.06. The first-order chi connectivity index (χ1) is 15.3. The van der Waals surface area contributed by atoms with Crippen molar-refractivity contribution < 1.29 is 22.7 Å². The molecule has 0 bridgehead atoms. The van der Waals surface area contributed by atoms with Crippen LogP contribution in [0.5, 0.6) is 0 Å². The molecule has 0 spiro atoms. The van der Waals surface area contributed by atoms with Gasteiger partial charge in [0.2, 0.25) is 0 Å². The number of piperazine rings is 1. The fourth-order valence-electron chi connectivity index (χ4n) is 4.06. The summed E-state index contributed by atoms with van der Waals surface area (Å²) in [7, 11) is 0. The maximum Gasteiger partial charge on any atom is 0.416 e. The van der Waals surface area contributed by atoms with Crippen LogP contribution in [-0.4, -0.2) is 94.0 Å². The lowest BCUT2D eigenvalue weighted by Crippen LogP contribution is -2.49. The van der Waals surface area contributed by atoms with Crippen LogP contribution in [0, 0.1) is 0 Å². The van der Waals surface area contributed by atoms with Crippen molar-refractivity contribution in [2.24, 2.45) is 0 Å². The topological polar surface area (TPSA) is 60.1 Å². The predicted molar refractivity (Wildman–Crippen MR) is 118 cm³/mol. The van der Waals surface area contributed by atoms with Crippen LogP contribution in [0.4, 0.5) is 23.7 Å². The van der Waals surface area contributed by atoms with Crippen LogP contribution < -0.4 is 15.5 Å². The van der Waals surface area contributed by atoms with Gasteiger partial charge in [-0.2, -0.15) is 13.2 Å². The Labute approximate surface area is 187 Å².